The van der Waals surface area contributed by atoms with Crippen molar-refractivity contribution in [3.63, 3.8) is 0 Å². The Hall–Kier alpha value is -3.54. The van der Waals surface area contributed by atoms with Crippen LogP contribution in [-0.2, 0) is 17.9 Å². The van der Waals surface area contributed by atoms with E-state index >= 15 is 0 Å². The van der Waals surface area contributed by atoms with Crippen LogP contribution in [0.3, 0.4) is 0 Å². The van der Waals surface area contributed by atoms with Crippen LogP contribution in [-0.4, -0.2) is 40.0 Å². The van der Waals surface area contributed by atoms with Gasteiger partial charge >= 0.3 is 0 Å². The number of hydrogen-bond donors (Lipinski definition) is 1. The van der Waals surface area contributed by atoms with Gasteiger partial charge in [-0.05, 0) is 43.5 Å². The molecule has 1 fully saturated rings. The van der Waals surface area contributed by atoms with Crippen LogP contribution < -0.4 is 10.1 Å². The molecule has 176 valence electrons. The van der Waals surface area contributed by atoms with Crippen LogP contribution in [0.4, 0.5) is 0 Å². The van der Waals surface area contributed by atoms with Crippen molar-refractivity contribution in [2.24, 2.45) is 0 Å². The first-order valence-electron chi connectivity index (χ1n) is 12.0. The summed E-state index contributed by atoms with van der Waals surface area (Å²) in [5.41, 5.74) is 2.40. The molecule has 5 rings (SSSR count). The van der Waals surface area contributed by atoms with Gasteiger partial charge in [0.05, 0.1) is 20.2 Å². The Morgan fingerprint density at radius 3 is 2.41 bits per heavy atom. The van der Waals surface area contributed by atoms with Crippen molar-refractivity contribution in [3.05, 3.63) is 78.0 Å². The second-order valence-electron chi connectivity index (χ2n) is 9.49. The first-order chi connectivity index (χ1) is 16.5. The molecule has 3 aromatic rings. The van der Waals surface area contributed by atoms with Gasteiger partial charge in [-0.2, -0.15) is 0 Å². The maximum Gasteiger partial charge on any atom is 0.271 e. The highest BCUT2D eigenvalue weighted by Crippen LogP contribution is 2.35. The van der Waals surface area contributed by atoms with Crippen LogP contribution in [0, 0.1) is 0 Å². The molecule has 2 aromatic carbocycles. The second kappa shape index (κ2) is 9.01. The van der Waals surface area contributed by atoms with Gasteiger partial charge in [-0.1, -0.05) is 61.4 Å². The molecule has 2 amide bonds. The van der Waals surface area contributed by atoms with Gasteiger partial charge in [0.25, 0.3) is 5.91 Å². The average Bonchev–Trinajstić information content (AvgIpc) is 3.52. The topological polar surface area (TPSA) is 63.6 Å². The Bertz CT molecular complexity index is 1200. The molecular weight excluding hydrogens is 426 g/mol. The van der Waals surface area contributed by atoms with Crippen LogP contribution in [0.15, 0.2) is 66.7 Å². The molecule has 1 saturated carbocycles. The van der Waals surface area contributed by atoms with Gasteiger partial charge in [0.2, 0.25) is 5.91 Å². The summed E-state index contributed by atoms with van der Waals surface area (Å²) >= 11 is 0. The third-order valence-electron chi connectivity index (χ3n) is 7.28. The van der Waals surface area contributed by atoms with E-state index in [0.29, 0.717) is 24.5 Å². The fourth-order valence-corrected chi connectivity index (χ4v) is 5.30. The van der Waals surface area contributed by atoms with Crippen LogP contribution >= 0.6 is 0 Å². The molecule has 1 aliphatic heterocycles. The average molecular weight is 458 g/mol. The number of carbonyl (C=O) groups is 2. The van der Waals surface area contributed by atoms with E-state index in [1.807, 2.05) is 78.2 Å². The highest BCUT2D eigenvalue weighted by atomic mass is 16.5. The molecule has 0 spiro atoms. The second-order valence-corrected chi connectivity index (χ2v) is 9.49. The van der Waals surface area contributed by atoms with Crippen molar-refractivity contribution in [1.82, 2.24) is 14.8 Å². The van der Waals surface area contributed by atoms with Crippen molar-refractivity contribution < 1.29 is 14.3 Å². The van der Waals surface area contributed by atoms with E-state index in [2.05, 4.69) is 5.32 Å². The van der Waals surface area contributed by atoms with Gasteiger partial charge in [-0.3, -0.25) is 9.59 Å². The Balaban J connectivity index is 1.56. The first-order valence-corrected chi connectivity index (χ1v) is 12.0. The number of rotatable bonds is 6. The molecule has 6 heteroatoms. The monoisotopic (exact) mass is 457 g/mol. The minimum absolute atomic E-state index is 0.0963. The standard InChI is InChI=1S/C28H31N3O3/c1-28(27(33)29-22-13-7-8-14-22)19-30-23(20-10-4-3-5-11-20)16-17-24(30)26(32)31(28)18-21-12-6-9-15-25(21)34-2/h3-6,9-12,15-17,22H,7-8,13-14,18-19H2,1-2H3,(H,29,33)/t28-/m0/s1. The number of fused-ring (bicyclic) bond motifs is 1. The number of hydrogen-bond acceptors (Lipinski definition) is 3. The maximum atomic E-state index is 13.9. The predicted octanol–water partition coefficient (Wildman–Crippen LogP) is 4.64. The van der Waals surface area contributed by atoms with Crippen molar-refractivity contribution in [1.29, 1.82) is 0 Å². The molecule has 6 nitrogen and oxygen atoms in total. The zero-order valence-electron chi connectivity index (χ0n) is 19.8. The van der Waals surface area contributed by atoms with Gasteiger partial charge in [-0.15, -0.1) is 0 Å². The number of nitrogens with one attached hydrogen (secondary N) is 1. The van der Waals surface area contributed by atoms with Crippen molar-refractivity contribution in [2.45, 2.75) is 57.3 Å². The summed E-state index contributed by atoms with van der Waals surface area (Å²) in [5.74, 6) is 0.462. The largest absolute Gasteiger partial charge is 0.496 e. The van der Waals surface area contributed by atoms with E-state index in [1.54, 1.807) is 12.0 Å². The number of amides is 2. The molecule has 1 aliphatic carbocycles. The molecule has 1 atom stereocenters. The van der Waals surface area contributed by atoms with Crippen LogP contribution in [0.1, 0.15) is 48.7 Å². The number of para-hydroxylation sites is 1. The van der Waals surface area contributed by atoms with Gasteiger partial charge in [0.15, 0.2) is 0 Å². The zero-order valence-corrected chi connectivity index (χ0v) is 19.8. The number of carbonyl (C=O) groups excluding carboxylic acids is 2. The normalized spacial score (nSPS) is 20.3. The lowest BCUT2D eigenvalue weighted by Crippen LogP contribution is -2.64. The summed E-state index contributed by atoms with van der Waals surface area (Å²) in [6.07, 6.45) is 4.25. The molecule has 1 N–H and O–H groups in total. The molecule has 1 aromatic heterocycles. The van der Waals surface area contributed by atoms with Gasteiger partial charge in [0, 0.05) is 17.3 Å². The first kappa shape index (κ1) is 22.3. The molecule has 0 unspecified atom stereocenters. The molecule has 34 heavy (non-hydrogen) atoms. The quantitative estimate of drug-likeness (QED) is 0.587. The van der Waals surface area contributed by atoms with Crippen molar-refractivity contribution in [2.75, 3.05) is 7.11 Å². The summed E-state index contributed by atoms with van der Waals surface area (Å²) in [6, 6.07) is 21.7. The Morgan fingerprint density at radius 2 is 1.68 bits per heavy atom. The number of ether oxygens (including phenoxy) is 1. The third-order valence-corrected chi connectivity index (χ3v) is 7.28. The molecule has 0 radical (unpaired) electrons. The van der Waals surface area contributed by atoms with Crippen LogP contribution in [0.2, 0.25) is 0 Å². The summed E-state index contributed by atoms with van der Waals surface area (Å²) in [6.45, 7) is 2.57. The Labute approximate surface area is 200 Å². The zero-order chi connectivity index (χ0) is 23.7. The van der Waals surface area contributed by atoms with E-state index in [4.69, 9.17) is 4.74 Å². The summed E-state index contributed by atoms with van der Waals surface area (Å²) in [5, 5.41) is 3.26. The Kier molecular flexibility index (Phi) is 5.90. The van der Waals surface area contributed by atoms with Gasteiger partial charge in [-0.25, -0.2) is 0 Å². The molecular formula is C28H31N3O3. The Morgan fingerprint density at radius 1 is 1.00 bits per heavy atom. The third kappa shape index (κ3) is 3.87. The number of benzene rings is 2. The molecule has 2 heterocycles. The fraction of sp³-hybridized carbons (Fsp3) is 0.357. The minimum atomic E-state index is -1.05. The fourth-order valence-electron chi connectivity index (χ4n) is 5.30. The van der Waals surface area contributed by atoms with Crippen LogP contribution in [0.25, 0.3) is 11.3 Å². The summed E-state index contributed by atoms with van der Waals surface area (Å²) in [7, 11) is 1.63. The highest BCUT2D eigenvalue weighted by Gasteiger charge is 2.48. The maximum absolute atomic E-state index is 13.9. The van der Waals surface area contributed by atoms with Gasteiger partial charge in [0.1, 0.15) is 17.0 Å². The minimum Gasteiger partial charge on any atom is -0.496 e. The van der Waals surface area contributed by atoms with Crippen molar-refractivity contribution in [3.8, 4) is 17.0 Å². The molecule has 0 bridgehead atoms. The number of methoxy groups -OCH3 is 1. The van der Waals surface area contributed by atoms with E-state index in [0.717, 1.165) is 42.5 Å². The summed E-state index contributed by atoms with van der Waals surface area (Å²) in [4.78, 5) is 29.4. The smallest absolute Gasteiger partial charge is 0.271 e. The van der Waals surface area contributed by atoms with Crippen molar-refractivity contribution >= 4 is 11.8 Å². The lowest BCUT2D eigenvalue weighted by molar-refractivity contribution is -0.133. The SMILES string of the molecule is COc1ccccc1CN1C(=O)c2ccc(-c3ccccc3)n2C[C@@]1(C)C(=O)NC1CCCC1. The predicted molar refractivity (Wildman–Crippen MR) is 132 cm³/mol. The molecule has 2 aliphatic rings. The molecule has 0 saturated heterocycles. The number of nitrogens with zero attached hydrogens (tertiary/aromatic N) is 2. The van der Waals surface area contributed by atoms with E-state index in [1.165, 1.54) is 0 Å². The van der Waals surface area contributed by atoms with Gasteiger partial charge < -0.3 is 19.5 Å². The summed E-state index contributed by atoms with van der Waals surface area (Å²) < 4.78 is 7.55. The lowest BCUT2D eigenvalue weighted by Gasteiger charge is -2.45. The van der Waals surface area contributed by atoms with E-state index in [-0.39, 0.29) is 17.9 Å². The number of aromatic nitrogens is 1. The van der Waals surface area contributed by atoms with E-state index < -0.39 is 5.54 Å². The highest BCUT2D eigenvalue weighted by molar-refractivity contribution is 6.00. The lowest BCUT2D eigenvalue weighted by atomic mass is 9.93. The van der Waals surface area contributed by atoms with E-state index in [9.17, 15) is 9.59 Å². The van der Waals surface area contributed by atoms with Crippen LogP contribution in [0.5, 0.6) is 5.75 Å².